The molecule has 35 heavy (non-hydrogen) atoms. The molecule has 2 saturated heterocycles. The maximum atomic E-state index is 13.8. The van der Waals surface area contributed by atoms with Gasteiger partial charge in [0.15, 0.2) is 0 Å². The molecule has 0 aliphatic carbocycles. The Balaban J connectivity index is 1.64. The van der Waals surface area contributed by atoms with Gasteiger partial charge in [-0.15, -0.1) is 0 Å². The number of carbonyl (C=O) groups excluding carboxylic acids is 3. The number of benzene rings is 2. The standard InChI is InChI=1S/C24H20BrF3N2O5/c1-3-34-20(31)18-16-11-35-17-9-6-13(25)10-15(17)19(16)30-22(33)29(21(32)23(18,30)2)14-7-4-12(5-8-14)24(26,27)28/h4-10,16,18-19H,3,11H2,1-2H3/t16-,18+,19-,23+/m1/s1. The summed E-state index contributed by atoms with van der Waals surface area (Å²) in [5.74, 6) is -2.40. The van der Waals surface area contributed by atoms with Gasteiger partial charge in [0.2, 0.25) is 0 Å². The van der Waals surface area contributed by atoms with Gasteiger partial charge < -0.3 is 14.4 Å². The second kappa shape index (κ2) is 7.97. The molecule has 0 aromatic heterocycles. The van der Waals surface area contributed by atoms with Crippen LogP contribution in [0.1, 0.15) is 31.0 Å². The van der Waals surface area contributed by atoms with Gasteiger partial charge >= 0.3 is 18.2 Å². The molecule has 0 unspecified atom stereocenters. The highest BCUT2D eigenvalue weighted by Gasteiger charge is 2.72. The SMILES string of the molecule is CCOC(=O)[C@@H]1[C@H]2COc3ccc(Br)cc3[C@H]2N2C(=O)N(c3ccc(C(F)(F)F)cc3)C(=O)[C@]12C. The zero-order valence-electron chi connectivity index (χ0n) is 18.6. The van der Waals surface area contributed by atoms with Crippen LogP contribution in [-0.2, 0) is 20.5 Å². The van der Waals surface area contributed by atoms with Crippen LogP contribution in [0.25, 0.3) is 0 Å². The van der Waals surface area contributed by atoms with E-state index in [-0.39, 0.29) is 18.9 Å². The predicted octanol–water partition coefficient (Wildman–Crippen LogP) is 4.94. The van der Waals surface area contributed by atoms with Gasteiger partial charge in [-0.3, -0.25) is 9.59 Å². The highest BCUT2D eigenvalue weighted by atomic mass is 79.9. The summed E-state index contributed by atoms with van der Waals surface area (Å²) < 4.78 is 51.1. The van der Waals surface area contributed by atoms with E-state index in [1.807, 2.05) is 0 Å². The molecule has 0 N–H and O–H groups in total. The summed E-state index contributed by atoms with van der Waals surface area (Å²) >= 11 is 3.42. The number of hydrogen-bond donors (Lipinski definition) is 0. The molecular formula is C24H20BrF3N2O5. The molecular weight excluding hydrogens is 533 g/mol. The maximum Gasteiger partial charge on any atom is 0.416 e. The first-order valence-electron chi connectivity index (χ1n) is 10.9. The fourth-order valence-electron chi connectivity index (χ4n) is 5.49. The molecule has 7 nitrogen and oxygen atoms in total. The number of ether oxygens (including phenoxy) is 2. The van der Waals surface area contributed by atoms with Gasteiger partial charge in [-0.1, -0.05) is 15.9 Å². The molecule has 3 aliphatic heterocycles. The lowest BCUT2D eigenvalue weighted by atomic mass is 9.77. The lowest BCUT2D eigenvalue weighted by molar-refractivity contribution is -0.154. The van der Waals surface area contributed by atoms with Crippen molar-refractivity contribution in [1.29, 1.82) is 0 Å². The van der Waals surface area contributed by atoms with Crippen LogP contribution in [0.5, 0.6) is 5.75 Å². The highest BCUT2D eigenvalue weighted by molar-refractivity contribution is 9.10. The van der Waals surface area contributed by atoms with Crippen molar-refractivity contribution < 1.29 is 37.0 Å². The van der Waals surface area contributed by atoms with Gasteiger partial charge in [0.25, 0.3) is 5.91 Å². The normalized spacial score (nSPS) is 27.3. The van der Waals surface area contributed by atoms with Gasteiger partial charge in [0.05, 0.1) is 36.4 Å². The van der Waals surface area contributed by atoms with Crippen LogP contribution in [0.4, 0.5) is 23.7 Å². The number of fused-ring (bicyclic) bond motifs is 5. The van der Waals surface area contributed by atoms with E-state index in [4.69, 9.17) is 9.47 Å². The monoisotopic (exact) mass is 552 g/mol. The molecule has 0 saturated carbocycles. The third-order valence-electron chi connectivity index (χ3n) is 6.97. The van der Waals surface area contributed by atoms with Crippen LogP contribution in [0.15, 0.2) is 46.9 Å². The van der Waals surface area contributed by atoms with Crippen LogP contribution in [0.3, 0.4) is 0 Å². The van der Waals surface area contributed by atoms with Gasteiger partial charge in [-0.2, -0.15) is 13.2 Å². The van der Waals surface area contributed by atoms with E-state index in [0.29, 0.717) is 11.3 Å². The third kappa shape index (κ3) is 3.35. The van der Waals surface area contributed by atoms with Crippen LogP contribution >= 0.6 is 15.9 Å². The molecule has 2 aromatic carbocycles. The van der Waals surface area contributed by atoms with Crippen LogP contribution in [-0.4, -0.2) is 41.6 Å². The Morgan fingerprint density at radius 3 is 2.51 bits per heavy atom. The molecule has 2 fully saturated rings. The average molecular weight is 553 g/mol. The number of imide groups is 1. The Bertz CT molecular complexity index is 1230. The summed E-state index contributed by atoms with van der Waals surface area (Å²) in [7, 11) is 0. The summed E-state index contributed by atoms with van der Waals surface area (Å²) in [6, 6.07) is 7.69. The van der Waals surface area contributed by atoms with Crippen molar-refractivity contribution in [1.82, 2.24) is 4.90 Å². The number of hydrogen-bond acceptors (Lipinski definition) is 5. The van der Waals surface area contributed by atoms with Crippen LogP contribution in [0.2, 0.25) is 0 Å². The molecule has 0 radical (unpaired) electrons. The van der Waals surface area contributed by atoms with Crippen molar-refractivity contribution in [2.24, 2.45) is 11.8 Å². The predicted molar refractivity (Wildman–Crippen MR) is 121 cm³/mol. The van der Waals surface area contributed by atoms with Crippen molar-refractivity contribution in [2.75, 3.05) is 18.1 Å². The van der Waals surface area contributed by atoms with E-state index < -0.39 is 53.1 Å². The zero-order chi connectivity index (χ0) is 25.3. The zero-order valence-corrected chi connectivity index (χ0v) is 20.2. The number of esters is 1. The number of halogens is 4. The van der Waals surface area contributed by atoms with Crippen LogP contribution in [0, 0.1) is 11.8 Å². The fourth-order valence-corrected chi connectivity index (χ4v) is 5.87. The molecule has 11 heteroatoms. The van der Waals surface area contributed by atoms with Gasteiger partial charge in [-0.25, -0.2) is 9.69 Å². The first kappa shape index (κ1) is 23.7. The summed E-state index contributed by atoms with van der Waals surface area (Å²) in [5, 5.41) is 0. The Morgan fingerprint density at radius 1 is 1.20 bits per heavy atom. The Morgan fingerprint density at radius 2 is 1.89 bits per heavy atom. The minimum absolute atomic E-state index is 0.00990. The molecule has 3 heterocycles. The number of alkyl halides is 3. The molecule has 2 aromatic rings. The van der Waals surface area contributed by atoms with Gasteiger partial charge in [0, 0.05) is 16.0 Å². The quantitative estimate of drug-likeness (QED) is 0.398. The fraction of sp³-hybridized carbons (Fsp3) is 0.375. The van der Waals surface area contributed by atoms with E-state index in [2.05, 4.69) is 15.9 Å². The summed E-state index contributed by atoms with van der Waals surface area (Å²) in [6.45, 7) is 3.32. The molecule has 5 rings (SSSR count). The molecule has 184 valence electrons. The minimum atomic E-state index is -4.56. The highest BCUT2D eigenvalue weighted by Crippen LogP contribution is 2.58. The topological polar surface area (TPSA) is 76.2 Å². The van der Waals surface area contributed by atoms with Gasteiger partial charge in [0.1, 0.15) is 11.3 Å². The molecule has 4 atom stereocenters. The van der Waals surface area contributed by atoms with Crippen molar-refractivity contribution in [3.8, 4) is 5.75 Å². The van der Waals surface area contributed by atoms with E-state index in [1.165, 1.54) is 11.8 Å². The molecule has 3 aliphatic rings. The Kier molecular flexibility index (Phi) is 5.39. The van der Waals surface area contributed by atoms with Crippen LogP contribution < -0.4 is 9.64 Å². The van der Waals surface area contributed by atoms with E-state index >= 15 is 0 Å². The average Bonchev–Trinajstić information content (AvgIpc) is 3.18. The summed E-state index contributed by atoms with van der Waals surface area (Å²) in [5.41, 5.74) is -1.90. The van der Waals surface area contributed by atoms with Crippen molar-refractivity contribution in [2.45, 2.75) is 31.6 Å². The second-order valence-electron chi connectivity index (χ2n) is 8.82. The smallest absolute Gasteiger partial charge is 0.416 e. The maximum absolute atomic E-state index is 13.8. The van der Waals surface area contributed by atoms with E-state index in [1.54, 1.807) is 25.1 Å². The number of nitrogens with zero attached hydrogens (tertiary/aromatic N) is 2. The van der Waals surface area contributed by atoms with E-state index in [0.717, 1.165) is 33.6 Å². The molecule has 0 bridgehead atoms. The molecule has 0 spiro atoms. The van der Waals surface area contributed by atoms with E-state index in [9.17, 15) is 27.6 Å². The van der Waals surface area contributed by atoms with Crippen molar-refractivity contribution in [3.05, 3.63) is 58.1 Å². The second-order valence-corrected chi connectivity index (χ2v) is 9.73. The number of amides is 3. The minimum Gasteiger partial charge on any atom is -0.493 e. The Labute approximate surface area is 206 Å². The largest absolute Gasteiger partial charge is 0.493 e. The van der Waals surface area contributed by atoms with Crippen molar-refractivity contribution >= 4 is 39.5 Å². The molecule has 3 amide bonds. The number of anilines is 1. The lowest BCUT2D eigenvalue weighted by Crippen LogP contribution is -2.51. The third-order valence-corrected chi connectivity index (χ3v) is 7.46. The summed E-state index contributed by atoms with van der Waals surface area (Å²) in [4.78, 5) is 43.0. The number of rotatable bonds is 3. The first-order chi connectivity index (χ1) is 16.5. The number of urea groups is 1. The lowest BCUT2D eigenvalue weighted by Gasteiger charge is -2.34. The Hall–Kier alpha value is -3.08. The number of carbonyl (C=O) groups is 3. The first-order valence-corrected chi connectivity index (χ1v) is 11.7. The van der Waals surface area contributed by atoms with Crippen molar-refractivity contribution in [3.63, 3.8) is 0 Å². The summed E-state index contributed by atoms with van der Waals surface area (Å²) in [6.07, 6.45) is -4.56. The van der Waals surface area contributed by atoms with Gasteiger partial charge in [-0.05, 0) is 56.3 Å².